The summed E-state index contributed by atoms with van der Waals surface area (Å²) in [6.07, 6.45) is -0.909. The SMILES string of the molecule is CC1(C)OB(c2ccc3nc(N)nc(C(O)N4Cc5ccccc5C4)c3c2)OC1(C)C. The average molecular weight is 418 g/mol. The number of aliphatic hydroxyl groups excluding tert-OH is 1. The van der Waals surface area contributed by atoms with Crippen molar-refractivity contribution in [2.75, 3.05) is 5.73 Å². The first kappa shape index (κ1) is 20.4. The first-order valence-electron chi connectivity index (χ1n) is 10.6. The van der Waals surface area contributed by atoms with Gasteiger partial charge in [0.1, 0.15) is 0 Å². The van der Waals surface area contributed by atoms with Gasteiger partial charge in [-0.05, 0) is 50.4 Å². The Balaban J connectivity index is 1.52. The van der Waals surface area contributed by atoms with Crippen LogP contribution in [0.5, 0.6) is 0 Å². The lowest BCUT2D eigenvalue weighted by Crippen LogP contribution is -2.41. The number of hydrogen-bond acceptors (Lipinski definition) is 7. The molecule has 3 N–H and O–H groups in total. The molecule has 3 aromatic rings. The molecule has 1 unspecified atom stereocenters. The van der Waals surface area contributed by atoms with Gasteiger partial charge in [0.05, 0.1) is 22.4 Å². The van der Waals surface area contributed by atoms with E-state index in [1.165, 1.54) is 11.1 Å². The van der Waals surface area contributed by atoms with Crippen LogP contribution in [0.25, 0.3) is 10.9 Å². The normalized spacial score (nSPS) is 20.9. The molecule has 0 saturated carbocycles. The van der Waals surface area contributed by atoms with Crippen molar-refractivity contribution in [3.8, 4) is 0 Å². The molecule has 2 aliphatic heterocycles. The molecular weight excluding hydrogens is 391 g/mol. The fraction of sp³-hybridized carbons (Fsp3) is 0.391. The summed E-state index contributed by atoms with van der Waals surface area (Å²) in [7, 11) is -0.506. The second kappa shape index (κ2) is 7.00. The van der Waals surface area contributed by atoms with Crippen LogP contribution in [0.2, 0.25) is 0 Å². The lowest BCUT2D eigenvalue weighted by atomic mass is 9.78. The van der Waals surface area contributed by atoms with E-state index in [2.05, 4.69) is 22.1 Å². The Morgan fingerprint density at radius 1 is 1.00 bits per heavy atom. The summed E-state index contributed by atoms with van der Waals surface area (Å²) in [5, 5.41) is 12.0. The number of aliphatic hydroxyl groups is 1. The third-order valence-electron chi connectivity index (χ3n) is 6.75. The van der Waals surface area contributed by atoms with E-state index in [0.717, 1.165) is 10.8 Å². The van der Waals surface area contributed by atoms with E-state index in [4.69, 9.17) is 15.0 Å². The molecule has 1 aromatic heterocycles. The van der Waals surface area contributed by atoms with Crippen LogP contribution in [0.15, 0.2) is 42.5 Å². The van der Waals surface area contributed by atoms with Crippen molar-refractivity contribution in [1.82, 2.24) is 14.9 Å². The first-order chi connectivity index (χ1) is 14.6. The van der Waals surface area contributed by atoms with Gasteiger partial charge in [-0.25, -0.2) is 9.97 Å². The fourth-order valence-electron chi connectivity index (χ4n) is 4.22. The summed E-state index contributed by atoms with van der Waals surface area (Å²) in [6.45, 7) is 9.41. The summed E-state index contributed by atoms with van der Waals surface area (Å²) in [5.74, 6) is 0.140. The quantitative estimate of drug-likeness (QED) is 0.632. The van der Waals surface area contributed by atoms with Gasteiger partial charge in [-0.3, -0.25) is 4.90 Å². The summed E-state index contributed by atoms with van der Waals surface area (Å²) in [5.41, 5.74) is 9.56. The number of anilines is 1. The van der Waals surface area contributed by atoms with Crippen LogP contribution < -0.4 is 11.2 Å². The van der Waals surface area contributed by atoms with Gasteiger partial charge in [0, 0.05) is 18.5 Å². The van der Waals surface area contributed by atoms with Gasteiger partial charge in [0.25, 0.3) is 0 Å². The molecule has 1 fully saturated rings. The topological polar surface area (TPSA) is 93.7 Å². The number of nitrogens with zero attached hydrogens (tertiary/aromatic N) is 3. The molecule has 2 aromatic carbocycles. The van der Waals surface area contributed by atoms with E-state index < -0.39 is 24.5 Å². The Bertz CT molecular complexity index is 1130. The maximum atomic E-state index is 11.3. The molecule has 1 atom stereocenters. The maximum absolute atomic E-state index is 11.3. The molecular formula is C23H27BN4O3. The highest BCUT2D eigenvalue weighted by Crippen LogP contribution is 2.37. The van der Waals surface area contributed by atoms with Crippen molar-refractivity contribution in [1.29, 1.82) is 0 Å². The van der Waals surface area contributed by atoms with Gasteiger partial charge in [-0.15, -0.1) is 0 Å². The van der Waals surface area contributed by atoms with E-state index >= 15 is 0 Å². The van der Waals surface area contributed by atoms with Crippen LogP contribution in [-0.4, -0.2) is 38.3 Å². The molecule has 3 heterocycles. The third-order valence-corrected chi connectivity index (χ3v) is 6.75. The van der Waals surface area contributed by atoms with Crippen molar-refractivity contribution < 1.29 is 14.4 Å². The van der Waals surface area contributed by atoms with Crippen LogP contribution in [0.3, 0.4) is 0 Å². The van der Waals surface area contributed by atoms with Gasteiger partial charge in [-0.2, -0.15) is 0 Å². The average Bonchev–Trinajstić information content (AvgIpc) is 3.24. The van der Waals surface area contributed by atoms with Crippen LogP contribution in [0, 0.1) is 0 Å². The molecule has 0 bridgehead atoms. The summed E-state index contributed by atoms with van der Waals surface area (Å²) < 4.78 is 12.4. The van der Waals surface area contributed by atoms with E-state index in [1.807, 2.05) is 62.9 Å². The Kier molecular flexibility index (Phi) is 4.60. The van der Waals surface area contributed by atoms with Gasteiger partial charge in [-0.1, -0.05) is 36.4 Å². The molecule has 160 valence electrons. The lowest BCUT2D eigenvalue weighted by Gasteiger charge is -2.32. The van der Waals surface area contributed by atoms with Gasteiger partial charge < -0.3 is 20.1 Å². The molecule has 7 nitrogen and oxygen atoms in total. The van der Waals surface area contributed by atoms with Crippen molar-refractivity contribution in [2.24, 2.45) is 0 Å². The number of benzene rings is 2. The van der Waals surface area contributed by atoms with Crippen molar-refractivity contribution >= 4 is 29.4 Å². The second-order valence-electron chi connectivity index (χ2n) is 9.38. The largest absolute Gasteiger partial charge is 0.494 e. The predicted octanol–water partition coefficient (Wildman–Crippen LogP) is 2.52. The van der Waals surface area contributed by atoms with E-state index in [0.29, 0.717) is 24.3 Å². The zero-order valence-corrected chi connectivity index (χ0v) is 18.3. The fourth-order valence-corrected chi connectivity index (χ4v) is 4.22. The standard InChI is InChI=1S/C23H27BN4O3/c1-22(2)23(3,4)31-24(30-22)16-9-10-18-17(11-16)19(27-21(25)26-18)20(29)28-12-14-7-5-6-8-15(14)13-28/h5-11,20,29H,12-13H2,1-4H3,(H2,25,26,27). The summed E-state index contributed by atoms with van der Waals surface area (Å²) >= 11 is 0. The second-order valence-corrected chi connectivity index (χ2v) is 9.38. The number of rotatable bonds is 3. The Labute approximate surface area is 182 Å². The molecule has 5 rings (SSSR count). The van der Waals surface area contributed by atoms with Gasteiger partial charge in [0.2, 0.25) is 5.95 Å². The lowest BCUT2D eigenvalue weighted by molar-refractivity contribution is -0.00372. The third kappa shape index (κ3) is 3.40. The molecule has 0 amide bonds. The van der Waals surface area contributed by atoms with E-state index in [1.54, 1.807) is 0 Å². The zero-order chi connectivity index (χ0) is 22.0. The monoisotopic (exact) mass is 418 g/mol. The zero-order valence-electron chi connectivity index (χ0n) is 18.3. The predicted molar refractivity (Wildman–Crippen MR) is 120 cm³/mol. The van der Waals surface area contributed by atoms with Crippen LogP contribution >= 0.6 is 0 Å². The maximum Gasteiger partial charge on any atom is 0.494 e. The minimum atomic E-state index is -0.909. The number of aromatic nitrogens is 2. The minimum Gasteiger partial charge on any atom is -0.399 e. The molecule has 0 spiro atoms. The smallest absolute Gasteiger partial charge is 0.399 e. The molecule has 8 heteroatoms. The van der Waals surface area contributed by atoms with Crippen LogP contribution in [0.1, 0.15) is 50.7 Å². The number of nitrogens with two attached hydrogens (primary N) is 1. The van der Waals surface area contributed by atoms with Crippen molar-refractivity contribution in [3.63, 3.8) is 0 Å². The molecule has 31 heavy (non-hydrogen) atoms. The highest BCUT2D eigenvalue weighted by atomic mass is 16.7. The number of hydrogen-bond donors (Lipinski definition) is 2. The Morgan fingerprint density at radius 2 is 1.61 bits per heavy atom. The molecule has 0 radical (unpaired) electrons. The molecule has 1 saturated heterocycles. The van der Waals surface area contributed by atoms with Crippen LogP contribution in [0.4, 0.5) is 5.95 Å². The van der Waals surface area contributed by atoms with E-state index in [9.17, 15) is 5.11 Å². The number of fused-ring (bicyclic) bond motifs is 2. The first-order valence-corrected chi connectivity index (χ1v) is 10.6. The number of nitrogen functional groups attached to an aromatic ring is 1. The highest BCUT2D eigenvalue weighted by Gasteiger charge is 2.51. The van der Waals surface area contributed by atoms with Crippen LogP contribution in [-0.2, 0) is 22.4 Å². The van der Waals surface area contributed by atoms with Crippen molar-refractivity contribution in [3.05, 3.63) is 59.3 Å². The van der Waals surface area contributed by atoms with Gasteiger partial charge in [0.15, 0.2) is 6.23 Å². The van der Waals surface area contributed by atoms with E-state index in [-0.39, 0.29) is 5.95 Å². The highest BCUT2D eigenvalue weighted by molar-refractivity contribution is 6.62. The van der Waals surface area contributed by atoms with Crippen molar-refractivity contribution in [2.45, 2.75) is 58.2 Å². The Morgan fingerprint density at radius 3 is 2.23 bits per heavy atom. The Hall–Kier alpha value is -2.52. The summed E-state index contributed by atoms with van der Waals surface area (Å²) in [6, 6.07) is 14.0. The van der Waals surface area contributed by atoms with Gasteiger partial charge >= 0.3 is 7.12 Å². The molecule has 2 aliphatic rings. The summed E-state index contributed by atoms with van der Waals surface area (Å²) in [4.78, 5) is 10.8. The molecule has 0 aliphatic carbocycles. The minimum absolute atomic E-state index is 0.140.